The van der Waals surface area contributed by atoms with Crippen LogP contribution in [0.15, 0.2) is 0 Å². The summed E-state index contributed by atoms with van der Waals surface area (Å²) in [4.78, 5) is 0. The Hall–Kier alpha value is 3.06. The Morgan fingerprint density at radius 1 is 1.56 bits per heavy atom. The standard InChI is InChI=1S/H8NP7S/c1-4-5-8(6-9)7(2)3/h4-5H,1-3H2. The van der Waals surface area contributed by atoms with Gasteiger partial charge in [-0.1, -0.05) is 11.8 Å². The summed E-state index contributed by atoms with van der Waals surface area (Å²) in [6.45, 7) is 0.126. The van der Waals surface area contributed by atoms with E-state index in [0.29, 0.717) is 8.42 Å². The maximum Gasteiger partial charge on any atom is 0.0187 e. The SMILES string of the molecule is NPPP(P=S)P(P)P. The largest absolute Gasteiger partial charge is 0.309 e. The second-order valence-corrected chi connectivity index (χ2v) is 24.6. The number of rotatable bonds is 4. The highest BCUT2D eigenvalue weighted by Gasteiger charge is 2.08. The van der Waals surface area contributed by atoms with Crippen molar-refractivity contribution in [3.63, 3.8) is 0 Å². The third-order valence-corrected chi connectivity index (χ3v) is 33.8. The van der Waals surface area contributed by atoms with Crippen molar-refractivity contribution < 1.29 is 0 Å². The number of hydrogen-bond acceptors (Lipinski definition) is 2. The van der Waals surface area contributed by atoms with Gasteiger partial charge in [0.05, 0.1) is 0 Å². The molecular weight excluding hydrogens is 263 g/mol. The van der Waals surface area contributed by atoms with Crippen LogP contribution in [0.25, 0.3) is 0 Å². The Morgan fingerprint density at radius 2 is 2.11 bits per heavy atom. The van der Waals surface area contributed by atoms with Gasteiger partial charge >= 0.3 is 0 Å². The third kappa shape index (κ3) is 6.24. The van der Waals surface area contributed by atoms with Gasteiger partial charge in [0.1, 0.15) is 0 Å². The summed E-state index contributed by atoms with van der Waals surface area (Å²) in [7, 11) is 8.34. The molecule has 0 aliphatic heterocycles. The molecular formula is H8NP7S. The predicted molar refractivity (Wildman–Crippen MR) is 68.4 cm³/mol. The Labute approximate surface area is 72.6 Å². The molecule has 0 aromatic rings. The summed E-state index contributed by atoms with van der Waals surface area (Å²) in [6, 6.07) is 0. The van der Waals surface area contributed by atoms with Crippen LogP contribution in [0.3, 0.4) is 0 Å². The van der Waals surface area contributed by atoms with Gasteiger partial charge < -0.3 is 5.50 Å². The van der Waals surface area contributed by atoms with E-state index in [1.807, 2.05) is 0 Å². The van der Waals surface area contributed by atoms with Crippen LogP contribution in [-0.2, 0) is 11.8 Å². The number of nitrogens with two attached hydrogens (primary N) is 1. The quantitative estimate of drug-likeness (QED) is 0.786. The van der Waals surface area contributed by atoms with Crippen LogP contribution >= 0.6 is 55.3 Å². The topological polar surface area (TPSA) is 26.0 Å². The predicted octanol–water partition coefficient (Wildman–Crippen LogP) is 3.83. The molecule has 0 aliphatic rings. The first-order valence-corrected chi connectivity index (χ1v) is 15.0. The van der Waals surface area contributed by atoms with E-state index in [9.17, 15) is 0 Å². The highest BCUT2D eigenvalue weighted by Crippen LogP contribution is 2.94. The van der Waals surface area contributed by atoms with Gasteiger partial charge in [-0.25, -0.2) is 0 Å². The van der Waals surface area contributed by atoms with Crippen LogP contribution in [0.5, 0.6) is 0 Å². The zero-order valence-corrected chi connectivity index (χ0v) is 12.3. The molecule has 0 aromatic carbocycles. The van der Waals surface area contributed by atoms with Crippen molar-refractivity contribution in [2.45, 2.75) is 0 Å². The molecule has 0 radical (unpaired) electrons. The lowest BCUT2D eigenvalue weighted by Crippen LogP contribution is -1.57. The summed E-state index contributed by atoms with van der Waals surface area (Å²) >= 11 is 4.96. The molecule has 0 saturated carbocycles. The van der Waals surface area contributed by atoms with Gasteiger partial charge in [0.15, 0.2) is 0 Å². The van der Waals surface area contributed by atoms with E-state index < -0.39 is 0 Å². The van der Waals surface area contributed by atoms with E-state index >= 15 is 0 Å². The number of hydrogen-bond donors (Lipinski definition) is 1. The summed E-state index contributed by atoms with van der Waals surface area (Å²) in [5.74, 6) is 0. The Kier molecular flexibility index (Phi) is 10.3. The smallest absolute Gasteiger partial charge is 0.0187 e. The summed E-state index contributed by atoms with van der Waals surface area (Å²) in [5, 5.41) is 0. The van der Waals surface area contributed by atoms with Gasteiger partial charge in [-0.2, -0.15) is 0 Å². The molecule has 54 valence electrons. The lowest BCUT2D eigenvalue weighted by molar-refractivity contribution is 2.05. The van der Waals surface area contributed by atoms with E-state index in [4.69, 9.17) is 17.3 Å². The Bertz CT molecular complexity index is 81.0. The van der Waals surface area contributed by atoms with Gasteiger partial charge in [0.25, 0.3) is 0 Å². The first-order chi connectivity index (χ1) is 4.22. The summed E-state index contributed by atoms with van der Waals surface area (Å²) < 4.78 is 0. The highest BCUT2D eigenvalue weighted by atomic mass is 33.1. The van der Waals surface area contributed by atoms with E-state index in [1.54, 1.807) is 0 Å². The van der Waals surface area contributed by atoms with Crippen LogP contribution in [-0.4, -0.2) is 0 Å². The van der Waals surface area contributed by atoms with Gasteiger partial charge in [0, 0.05) is 14.0 Å². The van der Waals surface area contributed by atoms with Gasteiger partial charge in [-0.05, 0) is 23.4 Å². The van der Waals surface area contributed by atoms with Crippen LogP contribution in [0.1, 0.15) is 0 Å². The summed E-state index contributed by atoms with van der Waals surface area (Å²) in [6.07, 6.45) is 0. The third-order valence-electron chi connectivity index (χ3n) is 0.461. The fourth-order valence-corrected chi connectivity index (χ4v) is 33.9. The van der Waals surface area contributed by atoms with E-state index in [2.05, 4.69) is 17.9 Å². The molecule has 1 nitrogen and oxygen atoms in total. The van der Waals surface area contributed by atoms with Gasteiger partial charge in [-0.3, -0.25) is 0 Å². The molecule has 5 unspecified atom stereocenters. The normalized spacial score (nSPS) is 17.3. The molecule has 0 saturated heterocycles. The van der Waals surface area contributed by atoms with E-state index in [0.717, 1.165) is 15.0 Å². The molecule has 9 heteroatoms. The molecule has 5 atom stereocenters. The summed E-state index contributed by atoms with van der Waals surface area (Å²) in [5.41, 5.74) is 5.44. The molecule has 0 heterocycles. The van der Waals surface area contributed by atoms with Crippen molar-refractivity contribution in [1.82, 2.24) is 0 Å². The minimum atomic E-state index is 0.0510. The molecule has 2 N–H and O–H groups in total. The highest BCUT2D eigenvalue weighted by molar-refractivity contribution is 9.01. The van der Waals surface area contributed by atoms with Crippen molar-refractivity contribution in [1.29, 1.82) is 0 Å². The average molecular weight is 271 g/mol. The first kappa shape index (κ1) is 12.1. The Morgan fingerprint density at radius 3 is 2.22 bits per heavy atom. The van der Waals surface area contributed by atoms with Crippen molar-refractivity contribution in [3.05, 3.63) is 0 Å². The molecule has 0 bridgehead atoms. The van der Waals surface area contributed by atoms with Crippen molar-refractivity contribution in [2.24, 2.45) is 5.50 Å². The van der Waals surface area contributed by atoms with E-state index in [-0.39, 0.29) is 14.0 Å². The van der Waals surface area contributed by atoms with Crippen LogP contribution in [0, 0.1) is 0 Å². The second-order valence-electron chi connectivity index (χ2n) is 1.01. The molecule has 0 spiro atoms. The maximum atomic E-state index is 5.44. The minimum absolute atomic E-state index is 0.0510. The zero-order chi connectivity index (χ0) is 7.28. The van der Waals surface area contributed by atoms with Crippen molar-refractivity contribution in [3.8, 4) is 0 Å². The molecule has 0 fully saturated rings. The molecule has 0 aromatic heterocycles. The minimum Gasteiger partial charge on any atom is -0.309 e. The molecule has 0 aliphatic carbocycles. The van der Waals surface area contributed by atoms with Gasteiger partial charge in [0.2, 0.25) is 0 Å². The lowest BCUT2D eigenvalue weighted by Gasteiger charge is -2.12. The lowest BCUT2D eigenvalue weighted by atomic mass is 13.9. The van der Waals surface area contributed by atoms with Crippen LogP contribution in [0.2, 0.25) is 0 Å². The maximum absolute atomic E-state index is 5.44. The van der Waals surface area contributed by atoms with E-state index in [1.165, 1.54) is 0 Å². The zero-order valence-electron chi connectivity index (χ0n) is 4.48. The monoisotopic (exact) mass is 271 g/mol. The van der Waals surface area contributed by atoms with Crippen molar-refractivity contribution >= 4 is 67.1 Å². The van der Waals surface area contributed by atoms with Gasteiger partial charge in [-0.15, -0.1) is 17.9 Å². The van der Waals surface area contributed by atoms with Crippen LogP contribution in [0.4, 0.5) is 0 Å². The molecule has 9 heavy (non-hydrogen) atoms. The second kappa shape index (κ2) is 7.70. The fourth-order valence-electron chi connectivity index (χ4n) is 0.178. The fraction of sp³-hybridized carbons (Fsp3) is 0. The van der Waals surface area contributed by atoms with Crippen LogP contribution < -0.4 is 5.50 Å². The van der Waals surface area contributed by atoms with Crippen molar-refractivity contribution in [2.75, 3.05) is 0 Å². The Balaban J connectivity index is 3.54. The molecule has 0 amide bonds. The average Bonchev–Trinajstić information content (AvgIpc) is 1.82. The first-order valence-electron chi connectivity index (χ1n) is 1.86. The molecule has 0 rings (SSSR count).